The van der Waals surface area contributed by atoms with Gasteiger partial charge in [-0.3, -0.25) is 4.79 Å². The minimum Gasteiger partial charge on any atom is -0.388 e. The lowest BCUT2D eigenvalue weighted by atomic mass is 10.1. The number of aliphatic hydroxyl groups excluding tert-OH is 1. The zero-order valence-electron chi connectivity index (χ0n) is 12.8. The lowest BCUT2D eigenvalue weighted by Crippen LogP contribution is -2.25. The Morgan fingerprint density at radius 2 is 2.14 bits per heavy atom. The normalized spacial score (nSPS) is 12.1. The minimum atomic E-state index is -0.528. The Bertz CT molecular complexity index is 583. The third-order valence-electron chi connectivity index (χ3n) is 3.43. The summed E-state index contributed by atoms with van der Waals surface area (Å²) in [5.74, 6) is 0.0345. The summed E-state index contributed by atoms with van der Waals surface area (Å²) >= 11 is 1.64. The molecule has 2 aromatic rings. The van der Waals surface area contributed by atoms with E-state index in [4.69, 9.17) is 0 Å². The molecule has 2 rings (SSSR count). The van der Waals surface area contributed by atoms with Crippen molar-refractivity contribution in [1.82, 2.24) is 10.3 Å². The number of aliphatic hydroxyl groups is 1. The molecule has 0 aliphatic heterocycles. The second-order valence-electron chi connectivity index (χ2n) is 5.28. The predicted molar refractivity (Wildman–Crippen MR) is 88.8 cm³/mol. The van der Waals surface area contributed by atoms with Gasteiger partial charge in [-0.05, 0) is 31.7 Å². The highest BCUT2D eigenvalue weighted by molar-refractivity contribution is 7.09. The van der Waals surface area contributed by atoms with Crippen LogP contribution >= 0.6 is 11.3 Å². The number of nitrogens with one attached hydrogen (secondary N) is 1. The fourth-order valence-corrected chi connectivity index (χ4v) is 2.88. The molecule has 4 nitrogen and oxygen atoms in total. The summed E-state index contributed by atoms with van der Waals surface area (Å²) in [5.41, 5.74) is 1.95. The largest absolute Gasteiger partial charge is 0.388 e. The van der Waals surface area contributed by atoms with E-state index in [9.17, 15) is 9.90 Å². The zero-order chi connectivity index (χ0) is 15.8. The predicted octanol–water partition coefficient (Wildman–Crippen LogP) is 3.01. The summed E-state index contributed by atoms with van der Waals surface area (Å²) in [6.07, 6.45) is 2.14. The fourth-order valence-electron chi connectivity index (χ4n) is 2.23. The van der Waals surface area contributed by atoms with Crippen molar-refractivity contribution in [1.29, 1.82) is 0 Å². The molecule has 1 atom stereocenters. The van der Waals surface area contributed by atoms with E-state index in [1.807, 2.05) is 42.6 Å². The van der Waals surface area contributed by atoms with Gasteiger partial charge in [-0.15, -0.1) is 11.3 Å². The molecule has 5 heteroatoms. The topological polar surface area (TPSA) is 62.2 Å². The second kappa shape index (κ2) is 8.66. The van der Waals surface area contributed by atoms with Crippen LogP contribution in [-0.4, -0.2) is 22.5 Å². The van der Waals surface area contributed by atoms with Crippen molar-refractivity contribution in [2.24, 2.45) is 0 Å². The molecule has 1 amide bonds. The highest BCUT2D eigenvalue weighted by Crippen LogP contribution is 2.15. The molecule has 0 saturated heterocycles. The van der Waals surface area contributed by atoms with Crippen molar-refractivity contribution in [2.45, 2.75) is 38.7 Å². The number of rotatable bonds is 8. The molecule has 0 saturated carbocycles. The van der Waals surface area contributed by atoms with Gasteiger partial charge in [-0.1, -0.05) is 30.3 Å². The third kappa shape index (κ3) is 5.58. The van der Waals surface area contributed by atoms with Crippen LogP contribution in [0.1, 0.15) is 41.6 Å². The van der Waals surface area contributed by atoms with Crippen molar-refractivity contribution in [3.05, 3.63) is 52.0 Å². The number of hydrogen-bond donors (Lipinski definition) is 2. The molecule has 1 aromatic carbocycles. The van der Waals surface area contributed by atoms with Crippen LogP contribution in [-0.2, 0) is 11.2 Å². The molecule has 0 aliphatic rings. The number of thiazole rings is 1. The maximum absolute atomic E-state index is 11.7. The van der Waals surface area contributed by atoms with Gasteiger partial charge >= 0.3 is 0 Å². The van der Waals surface area contributed by atoms with Crippen LogP contribution in [0.3, 0.4) is 0 Å². The van der Waals surface area contributed by atoms with Crippen LogP contribution in [0, 0.1) is 6.92 Å². The van der Waals surface area contributed by atoms with Gasteiger partial charge in [0.2, 0.25) is 5.91 Å². The highest BCUT2D eigenvalue weighted by atomic mass is 32.1. The summed E-state index contributed by atoms with van der Waals surface area (Å²) in [7, 11) is 0. The van der Waals surface area contributed by atoms with E-state index in [1.165, 1.54) is 0 Å². The smallest absolute Gasteiger partial charge is 0.220 e. The summed E-state index contributed by atoms with van der Waals surface area (Å²) in [5, 5.41) is 16.0. The quantitative estimate of drug-likeness (QED) is 0.786. The van der Waals surface area contributed by atoms with Gasteiger partial charge in [0, 0.05) is 18.3 Å². The highest BCUT2D eigenvalue weighted by Gasteiger charge is 2.08. The number of carbonyl (C=O) groups is 1. The molecule has 2 N–H and O–H groups in total. The first-order valence-electron chi connectivity index (χ1n) is 7.56. The SMILES string of the molecule is Cc1nc(CCCC(=O)NCCC(O)c2ccccc2)cs1. The Morgan fingerprint density at radius 1 is 1.36 bits per heavy atom. The molecular weight excluding hydrogens is 296 g/mol. The van der Waals surface area contributed by atoms with Crippen LogP contribution in [0.4, 0.5) is 0 Å². The zero-order valence-corrected chi connectivity index (χ0v) is 13.6. The van der Waals surface area contributed by atoms with Gasteiger partial charge in [0.1, 0.15) is 0 Å². The fraction of sp³-hybridized carbons (Fsp3) is 0.412. The van der Waals surface area contributed by atoms with Crippen molar-refractivity contribution in [3.8, 4) is 0 Å². The maximum atomic E-state index is 11.7. The van der Waals surface area contributed by atoms with E-state index in [0.717, 1.165) is 29.1 Å². The van der Waals surface area contributed by atoms with Crippen molar-refractivity contribution < 1.29 is 9.90 Å². The Morgan fingerprint density at radius 3 is 2.82 bits per heavy atom. The van der Waals surface area contributed by atoms with Crippen LogP contribution in [0.5, 0.6) is 0 Å². The number of aromatic nitrogens is 1. The Balaban J connectivity index is 1.59. The average Bonchev–Trinajstić information content (AvgIpc) is 2.93. The Kier molecular flexibility index (Phi) is 6.55. The first-order valence-corrected chi connectivity index (χ1v) is 8.44. The van der Waals surface area contributed by atoms with E-state index < -0.39 is 6.10 Å². The lowest BCUT2D eigenvalue weighted by Gasteiger charge is -2.11. The summed E-state index contributed by atoms with van der Waals surface area (Å²) in [6, 6.07) is 9.50. The number of hydrogen-bond acceptors (Lipinski definition) is 4. The summed E-state index contributed by atoms with van der Waals surface area (Å²) < 4.78 is 0. The van der Waals surface area contributed by atoms with Gasteiger partial charge in [0.15, 0.2) is 0 Å². The lowest BCUT2D eigenvalue weighted by molar-refractivity contribution is -0.121. The van der Waals surface area contributed by atoms with Crippen LogP contribution in [0.25, 0.3) is 0 Å². The summed E-state index contributed by atoms with van der Waals surface area (Å²) in [6.45, 7) is 2.48. The molecule has 1 heterocycles. The molecule has 0 bridgehead atoms. The molecular formula is C17H22N2O2S. The molecule has 1 unspecified atom stereocenters. The molecule has 118 valence electrons. The molecule has 0 aliphatic carbocycles. The minimum absolute atomic E-state index is 0.0345. The van der Waals surface area contributed by atoms with Crippen molar-refractivity contribution >= 4 is 17.2 Å². The first kappa shape index (κ1) is 16.6. The van der Waals surface area contributed by atoms with E-state index in [1.54, 1.807) is 11.3 Å². The van der Waals surface area contributed by atoms with E-state index >= 15 is 0 Å². The van der Waals surface area contributed by atoms with E-state index in [-0.39, 0.29) is 5.91 Å². The van der Waals surface area contributed by atoms with E-state index in [0.29, 0.717) is 19.4 Å². The molecule has 0 radical (unpaired) electrons. The van der Waals surface area contributed by atoms with Crippen molar-refractivity contribution in [2.75, 3.05) is 6.54 Å². The maximum Gasteiger partial charge on any atom is 0.220 e. The third-order valence-corrected chi connectivity index (χ3v) is 4.25. The van der Waals surface area contributed by atoms with Gasteiger partial charge in [-0.25, -0.2) is 4.98 Å². The van der Waals surface area contributed by atoms with Crippen LogP contribution in [0.2, 0.25) is 0 Å². The summed E-state index contributed by atoms with van der Waals surface area (Å²) in [4.78, 5) is 16.1. The standard InChI is InChI=1S/C17H22N2O2S/c1-13-19-15(12-22-13)8-5-9-17(21)18-11-10-16(20)14-6-3-2-4-7-14/h2-4,6-7,12,16,20H,5,8-11H2,1H3,(H,18,21). The monoisotopic (exact) mass is 318 g/mol. The van der Waals surface area contributed by atoms with Crippen LogP contribution in [0.15, 0.2) is 35.7 Å². The number of carbonyl (C=O) groups excluding carboxylic acids is 1. The Hall–Kier alpha value is -1.72. The Labute approximate surface area is 135 Å². The molecule has 0 spiro atoms. The second-order valence-corrected chi connectivity index (χ2v) is 6.34. The molecule has 1 aromatic heterocycles. The van der Waals surface area contributed by atoms with Gasteiger partial charge in [0.05, 0.1) is 16.8 Å². The van der Waals surface area contributed by atoms with Crippen molar-refractivity contribution in [3.63, 3.8) is 0 Å². The number of nitrogens with zero attached hydrogens (tertiary/aromatic N) is 1. The van der Waals surface area contributed by atoms with Gasteiger partial charge in [0.25, 0.3) is 0 Å². The molecule has 0 fully saturated rings. The van der Waals surface area contributed by atoms with Gasteiger partial charge in [-0.2, -0.15) is 0 Å². The van der Waals surface area contributed by atoms with E-state index in [2.05, 4.69) is 10.3 Å². The number of aryl methyl sites for hydroxylation is 2. The average molecular weight is 318 g/mol. The molecule has 22 heavy (non-hydrogen) atoms. The van der Waals surface area contributed by atoms with Gasteiger partial charge < -0.3 is 10.4 Å². The van der Waals surface area contributed by atoms with Crippen LogP contribution < -0.4 is 5.32 Å². The first-order chi connectivity index (χ1) is 10.6. The number of amides is 1. The number of benzene rings is 1.